The normalized spacial score (nSPS) is 20.9. The lowest BCUT2D eigenvalue weighted by Gasteiger charge is -2.06. The van der Waals surface area contributed by atoms with E-state index in [-0.39, 0.29) is 11.1 Å². The number of halogens is 3. The molecule has 0 atom stereocenters. The third kappa shape index (κ3) is 0.776. The summed E-state index contributed by atoms with van der Waals surface area (Å²) < 4.78 is 36.3. The number of allylic oxidation sites excluding steroid dienone is 6. The zero-order valence-corrected chi connectivity index (χ0v) is 5.77. The minimum absolute atomic E-state index is 0.136. The van der Waals surface area contributed by atoms with Gasteiger partial charge in [-0.3, -0.25) is 4.79 Å². The first kappa shape index (κ1) is 7.34. The average molecular weight is 172 g/mol. The summed E-state index contributed by atoms with van der Waals surface area (Å²) >= 11 is 0. The quantitative estimate of drug-likeness (QED) is 0.545. The largest absolute Gasteiger partial charge is 0.417 e. The topological polar surface area (TPSA) is 17.1 Å². The molecule has 0 saturated heterocycles. The number of hydrogen-bond donors (Lipinski definition) is 0. The van der Waals surface area contributed by atoms with Gasteiger partial charge >= 0.3 is 6.18 Å². The second-order valence-corrected chi connectivity index (χ2v) is 2.59. The SMILES string of the molecule is O=C1C2=CC(C(F)(F)F)=C1C=C2. The number of carbonyl (C=O) groups excluding carboxylic acids is 1. The van der Waals surface area contributed by atoms with Crippen LogP contribution in [0.2, 0.25) is 0 Å². The first-order valence-corrected chi connectivity index (χ1v) is 3.26. The third-order valence-electron chi connectivity index (χ3n) is 1.83. The third-order valence-corrected chi connectivity index (χ3v) is 1.83. The van der Waals surface area contributed by atoms with E-state index in [0.29, 0.717) is 0 Å². The minimum Gasteiger partial charge on any atom is -0.289 e. The number of ketones is 1. The van der Waals surface area contributed by atoms with Crippen molar-refractivity contribution in [3.8, 4) is 0 Å². The summed E-state index contributed by atoms with van der Waals surface area (Å²) in [7, 11) is 0. The monoisotopic (exact) mass is 172 g/mol. The maximum absolute atomic E-state index is 12.1. The molecule has 0 aliphatic heterocycles. The number of hydrogen-bond acceptors (Lipinski definition) is 1. The van der Waals surface area contributed by atoms with E-state index < -0.39 is 17.5 Å². The number of Topliss-reactive ketones (excluding diaryl/α,β-unsaturated/α-hetero) is 1. The molecule has 62 valence electrons. The molecule has 2 aliphatic rings. The van der Waals surface area contributed by atoms with Crippen LogP contribution in [0.15, 0.2) is 34.9 Å². The van der Waals surface area contributed by atoms with Crippen LogP contribution in [-0.2, 0) is 4.79 Å². The number of alkyl halides is 3. The van der Waals surface area contributed by atoms with E-state index in [1.165, 1.54) is 12.2 Å². The molecule has 0 aromatic rings. The summed E-state index contributed by atoms with van der Waals surface area (Å²) in [6.45, 7) is 0. The molecule has 0 radical (unpaired) electrons. The summed E-state index contributed by atoms with van der Waals surface area (Å²) in [5.74, 6) is -0.512. The Morgan fingerprint density at radius 1 is 1.17 bits per heavy atom. The second kappa shape index (κ2) is 1.88. The fourth-order valence-electron chi connectivity index (χ4n) is 1.27. The molecule has 0 spiro atoms. The summed E-state index contributed by atoms with van der Waals surface area (Å²) in [5.41, 5.74) is -0.903. The van der Waals surface area contributed by atoms with Crippen molar-refractivity contribution in [2.75, 3.05) is 0 Å². The van der Waals surface area contributed by atoms with Gasteiger partial charge in [-0.25, -0.2) is 0 Å². The second-order valence-electron chi connectivity index (χ2n) is 2.59. The summed E-state index contributed by atoms with van der Waals surface area (Å²) in [6.07, 6.45) is -0.914. The van der Waals surface area contributed by atoms with Gasteiger partial charge in [0.1, 0.15) is 0 Å². The van der Waals surface area contributed by atoms with Crippen LogP contribution in [0.4, 0.5) is 13.2 Å². The van der Waals surface area contributed by atoms with Crippen LogP contribution >= 0.6 is 0 Å². The molecule has 1 nitrogen and oxygen atoms in total. The predicted molar refractivity (Wildman–Crippen MR) is 35.3 cm³/mol. The Morgan fingerprint density at radius 3 is 2.08 bits per heavy atom. The van der Waals surface area contributed by atoms with E-state index in [0.717, 1.165) is 6.08 Å². The highest BCUT2D eigenvalue weighted by Gasteiger charge is 2.41. The Balaban J connectivity index is 2.56. The van der Waals surface area contributed by atoms with Crippen molar-refractivity contribution in [1.29, 1.82) is 0 Å². The van der Waals surface area contributed by atoms with Gasteiger partial charge in [0.05, 0.1) is 5.57 Å². The van der Waals surface area contributed by atoms with Gasteiger partial charge in [-0.15, -0.1) is 0 Å². The molecule has 4 heteroatoms. The minimum atomic E-state index is -4.41. The van der Waals surface area contributed by atoms with Crippen LogP contribution in [0.1, 0.15) is 0 Å². The first-order valence-electron chi connectivity index (χ1n) is 3.26. The Morgan fingerprint density at radius 2 is 1.83 bits per heavy atom. The molecule has 0 fully saturated rings. The molecule has 0 saturated carbocycles. The van der Waals surface area contributed by atoms with E-state index >= 15 is 0 Å². The van der Waals surface area contributed by atoms with Crippen LogP contribution < -0.4 is 0 Å². The fourth-order valence-corrected chi connectivity index (χ4v) is 1.27. The fraction of sp³-hybridized carbons (Fsp3) is 0.125. The van der Waals surface area contributed by atoms with E-state index in [9.17, 15) is 18.0 Å². The molecule has 2 bridgehead atoms. The molecule has 0 heterocycles. The Kier molecular flexibility index (Phi) is 1.15. The first-order chi connectivity index (χ1) is 5.50. The number of rotatable bonds is 0. The molecular weight excluding hydrogens is 169 g/mol. The highest BCUT2D eigenvalue weighted by molar-refractivity contribution is 6.19. The lowest BCUT2D eigenvalue weighted by molar-refractivity contribution is -0.112. The predicted octanol–water partition coefficient (Wildman–Crippen LogP) is 1.92. The molecule has 0 amide bonds. The Labute approximate surface area is 65.9 Å². The van der Waals surface area contributed by atoms with Crippen LogP contribution in [0.5, 0.6) is 0 Å². The van der Waals surface area contributed by atoms with Crippen LogP contribution in [0, 0.1) is 0 Å². The van der Waals surface area contributed by atoms with Crippen molar-refractivity contribution >= 4 is 5.78 Å². The Bertz CT molecular complexity index is 355. The Hall–Kier alpha value is -1.32. The van der Waals surface area contributed by atoms with Crippen molar-refractivity contribution in [1.82, 2.24) is 0 Å². The van der Waals surface area contributed by atoms with Crippen molar-refractivity contribution in [3.63, 3.8) is 0 Å². The van der Waals surface area contributed by atoms with Crippen LogP contribution in [-0.4, -0.2) is 12.0 Å². The number of carbonyl (C=O) groups is 1. The van der Waals surface area contributed by atoms with Gasteiger partial charge in [0.25, 0.3) is 0 Å². The smallest absolute Gasteiger partial charge is 0.289 e. The van der Waals surface area contributed by atoms with Crippen molar-refractivity contribution in [2.24, 2.45) is 0 Å². The maximum Gasteiger partial charge on any atom is 0.417 e. The van der Waals surface area contributed by atoms with Crippen molar-refractivity contribution in [3.05, 3.63) is 34.9 Å². The van der Waals surface area contributed by atoms with E-state index in [1.807, 2.05) is 0 Å². The zero-order valence-electron chi connectivity index (χ0n) is 5.77. The highest BCUT2D eigenvalue weighted by Crippen LogP contribution is 2.39. The molecule has 0 unspecified atom stereocenters. The van der Waals surface area contributed by atoms with Gasteiger partial charge < -0.3 is 0 Å². The van der Waals surface area contributed by atoms with Gasteiger partial charge in [0.2, 0.25) is 0 Å². The summed E-state index contributed by atoms with van der Waals surface area (Å²) in [5, 5.41) is 0. The van der Waals surface area contributed by atoms with Gasteiger partial charge in [0, 0.05) is 11.1 Å². The van der Waals surface area contributed by atoms with Gasteiger partial charge in [-0.2, -0.15) is 13.2 Å². The van der Waals surface area contributed by atoms with Crippen LogP contribution in [0.3, 0.4) is 0 Å². The molecule has 2 aliphatic carbocycles. The van der Waals surface area contributed by atoms with Gasteiger partial charge in [0.15, 0.2) is 5.78 Å². The standard InChI is InChI=1S/C8H3F3O/c9-8(10,11)6-3-4-1-2-5(6)7(4)12/h1-3H. The molecule has 0 aromatic carbocycles. The van der Waals surface area contributed by atoms with E-state index in [2.05, 4.69) is 0 Å². The summed E-state index contributed by atoms with van der Waals surface area (Å²) in [6, 6.07) is 0. The molecular formula is C8H3F3O. The van der Waals surface area contributed by atoms with E-state index in [1.54, 1.807) is 0 Å². The summed E-state index contributed by atoms with van der Waals surface area (Å²) in [4.78, 5) is 10.9. The average Bonchev–Trinajstić information content (AvgIpc) is 2.45. The number of fused-ring (bicyclic) bond motifs is 2. The van der Waals surface area contributed by atoms with Crippen molar-refractivity contribution < 1.29 is 18.0 Å². The maximum atomic E-state index is 12.1. The molecule has 0 aromatic heterocycles. The van der Waals surface area contributed by atoms with Gasteiger partial charge in [-0.1, -0.05) is 6.08 Å². The van der Waals surface area contributed by atoms with Crippen molar-refractivity contribution in [2.45, 2.75) is 6.18 Å². The molecule has 12 heavy (non-hydrogen) atoms. The zero-order chi connectivity index (χ0) is 8.93. The highest BCUT2D eigenvalue weighted by atomic mass is 19.4. The molecule has 0 N–H and O–H groups in total. The lowest BCUT2D eigenvalue weighted by Crippen LogP contribution is -2.11. The van der Waals surface area contributed by atoms with E-state index in [4.69, 9.17) is 0 Å². The van der Waals surface area contributed by atoms with Crippen LogP contribution in [0.25, 0.3) is 0 Å². The lowest BCUT2D eigenvalue weighted by atomic mass is 10.1. The van der Waals surface area contributed by atoms with Gasteiger partial charge in [-0.05, 0) is 12.2 Å². The molecule has 2 rings (SSSR count).